The molecule has 0 spiro atoms. The predicted molar refractivity (Wildman–Crippen MR) is 75.0 cm³/mol. The Labute approximate surface area is 114 Å². The summed E-state index contributed by atoms with van der Waals surface area (Å²) in [4.78, 5) is 4.91. The van der Waals surface area contributed by atoms with Crippen LogP contribution in [0.2, 0.25) is 0 Å². The Bertz CT molecular complexity index is 402. The summed E-state index contributed by atoms with van der Waals surface area (Å²) in [5.74, 6) is 1.61. The third-order valence-corrected chi connectivity index (χ3v) is 5.46. The van der Waals surface area contributed by atoms with Crippen LogP contribution in [0.4, 0.5) is 0 Å². The predicted octanol–water partition coefficient (Wildman–Crippen LogP) is 4.46. The maximum atomic E-state index is 6.17. The molecule has 1 heterocycles. The summed E-state index contributed by atoms with van der Waals surface area (Å²) in [7, 11) is 0. The van der Waals surface area contributed by atoms with Gasteiger partial charge in [0.2, 0.25) is 0 Å². The monoisotopic (exact) mass is 265 g/mol. The first-order valence-electron chi connectivity index (χ1n) is 7.33. The second kappa shape index (κ2) is 4.93. The molecule has 0 unspecified atom stereocenters. The summed E-state index contributed by atoms with van der Waals surface area (Å²) >= 11 is 1.83. The third-order valence-electron chi connectivity index (χ3n) is 4.41. The number of ether oxygens (including phenoxy) is 1. The summed E-state index contributed by atoms with van der Waals surface area (Å²) in [6.45, 7) is 5.26. The van der Waals surface area contributed by atoms with Gasteiger partial charge in [-0.1, -0.05) is 6.92 Å². The van der Waals surface area contributed by atoms with Crippen LogP contribution in [0.15, 0.2) is 5.38 Å². The van der Waals surface area contributed by atoms with E-state index >= 15 is 0 Å². The summed E-state index contributed by atoms with van der Waals surface area (Å²) in [5, 5.41) is 3.52. The van der Waals surface area contributed by atoms with Crippen molar-refractivity contribution in [1.82, 2.24) is 4.98 Å². The Balaban J connectivity index is 1.82. The molecule has 18 heavy (non-hydrogen) atoms. The zero-order chi connectivity index (χ0) is 12.6. The minimum atomic E-state index is -0.0565. The van der Waals surface area contributed by atoms with Gasteiger partial charge in [-0.2, -0.15) is 0 Å². The standard InChI is InChI=1S/C15H23NOS/c1-3-17-15(8-6-11(2)7-9-15)14-16-13(10-18-14)12-4-5-12/h10-12H,3-9H2,1-2H3. The van der Waals surface area contributed by atoms with Crippen molar-refractivity contribution in [2.45, 2.75) is 63.9 Å². The fraction of sp³-hybridized carbons (Fsp3) is 0.800. The molecule has 0 atom stereocenters. The van der Waals surface area contributed by atoms with Crippen LogP contribution >= 0.6 is 11.3 Å². The van der Waals surface area contributed by atoms with E-state index in [1.54, 1.807) is 0 Å². The molecule has 1 aromatic rings. The van der Waals surface area contributed by atoms with Crippen molar-refractivity contribution in [1.29, 1.82) is 0 Å². The van der Waals surface area contributed by atoms with Gasteiger partial charge >= 0.3 is 0 Å². The van der Waals surface area contributed by atoms with Gasteiger partial charge in [0, 0.05) is 17.9 Å². The van der Waals surface area contributed by atoms with Crippen molar-refractivity contribution in [3.05, 3.63) is 16.1 Å². The van der Waals surface area contributed by atoms with Crippen molar-refractivity contribution in [2.75, 3.05) is 6.61 Å². The number of thiazole rings is 1. The number of aromatic nitrogens is 1. The molecule has 2 nitrogen and oxygen atoms in total. The second-order valence-electron chi connectivity index (χ2n) is 5.96. The molecule has 3 rings (SSSR count). The van der Waals surface area contributed by atoms with E-state index in [1.807, 2.05) is 11.3 Å². The maximum Gasteiger partial charge on any atom is 0.125 e. The Morgan fingerprint density at radius 1 is 1.33 bits per heavy atom. The fourth-order valence-electron chi connectivity index (χ4n) is 2.99. The van der Waals surface area contributed by atoms with Crippen molar-refractivity contribution in [3.63, 3.8) is 0 Å². The van der Waals surface area contributed by atoms with Crippen LogP contribution in [0.3, 0.4) is 0 Å². The van der Waals surface area contributed by atoms with Gasteiger partial charge < -0.3 is 4.74 Å². The highest BCUT2D eigenvalue weighted by Gasteiger charge is 2.40. The van der Waals surface area contributed by atoms with Gasteiger partial charge in [-0.05, 0) is 51.4 Å². The molecule has 1 aromatic heterocycles. The van der Waals surface area contributed by atoms with Crippen molar-refractivity contribution in [3.8, 4) is 0 Å². The van der Waals surface area contributed by atoms with E-state index in [0.717, 1.165) is 31.3 Å². The van der Waals surface area contributed by atoms with Crippen LogP contribution < -0.4 is 0 Å². The molecule has 2 fully saturated rings. The molecular formula is C15H23NOS. The van der Waals surface area contributed by atoms with E-state index in [0.29, 0.717) is 0 Å². The molecule has 0 aromatic carbocycles. The minimum Gasteiger partial charge on any atom is -0.368 e. The summed E-state index contributed by atoms with van der Waals surface area (Å²) in [5.41, 5.74) is 1.27. The lowest BCUT2D eigenvalue weighted by Gasteiger charge is -2.37. The Morgan fingerprint density at radius 2 is 2.06 bits per heavy atom. The van der Waals surface area contributed by atoms with Gasteiger partial charge in [-0.3, -0.25) is 0 Å². The average Bonchev–Trinajstić information content (AvgIpc) is 3.11. The van der Waals surface area contributed by atoms with E-state index in [4.69, 9.17) is 9.72 Å². The molecule has 0 aliphatic heterocycles. The van der Waals surface area contributed by atoms with Gasteiger partial charge in [0.25, 0.3) is 0 Å². The largest absolute Gasteiger partial charge is 0.368 e. The molecule has 2 aliphatic carbocycles. The minimum absolute atomic E-state index is 0.0565. The van der Waals surface area contributed by atoms with E-state index in [1.165, 1.54) is 36.4 Å². The molecule has 100 valence electrons. The van der Waals surface area contributed by atoms with Crippen LogP contribution in [0.1, 0.15) is 69.0 Å². The van der Waals surface area contributed by atoms with E-state index < -0.39 is 0 Å². The maximum absolute atomic E-state index is 6.17. The average molecular weight is 265 g/mol. The topological polar surface area (TPSA) is 22.1 Å². The molecule has 3 heteroatoms. The van der Waals surface area contributed by atoms with Gasteiger partial charge in [0.1, 0.15) is 10.6 Å². The van der Waals surface area contributed by atoms with Crippen LogP contribution in [0.25, 0.3) is 0 Å². The van der Waals surface area contributed by atoms with Crippen molar-refractivity contribution >= 4 is 11.3 Å². The lowest BCUT2D eigenvalue weighted by Crippen LogP contribution is -2.34. The molecule has 0 saturated heterocycles. The Hall–Kier alpha value is -0.410. The molecule has 2 saturated carbocycles. The highest BCUT2D eigenvalue weighted by molar-refractivity contribution is 7.09. The van der Waals surface area contributed by atoms with Crippen LogP contribution in [-0.4, -0.2) is 11.6 Å². The van der Waals surface area contributed by atoms with Gasteiger partial charge in [0.15, 0.2) is 0 Å². The van der Waals surface area contributed by atoms with Gasteiger partial charge in [0.05, 0.1) is 5.69 Å². The zero-order valence-corrected chi connectivity index (χ0v) is 12.3. The lowest BCUT2D eigenvalue weighted by atomic mass is 9.79. The fourth-order valence-corrected chi connectivity index (χ4v) is 4.10. The first-order chi connectivity index (χ1) is 8.73. The first kappa shape index (κ1) is 12.6. The zero-order valence-electron chi connectivity index (χ0n) is 11.4. The van der Waals surface area contributed by atoms with E-state index in [9.17, 15) is 0 Å². The summed E-state index contributed by atoms with van der Waals surface area (Å²) in [6.07, 6.45) is 7.53. The van der Waals surface area contributed by atoms with Gasteiger partial charge in [-0.25, -0.2) is 4.98 Å². The van der Waals surface area contributed by atoms with E-state index in [2.05, 4.69) is 19.2 Å². The van der Waals surface area contributed by atoms with Crippen LogP contribution in [0, 0.1) is 5.92 Å². The summed E-state index contributed by atoms with van der Waals surface area (Å²) in [6, 6.07) is 0. The lowest BCUT2D eigenvalue weighted by molar-refractivity contribution is -0.0777. The quantitative estimate of drug-likeness (QED) is 0.801. The number of nitrogens with zero attached hydrogens (tertiary/aromatic N) is 1. The van der Waals surface area contributed by atoms with Crippen LogP contribution in [-0.2, 0) is 10.3 Å². The summed E-state index contributed by atoms with van der Waals surface area (Å²) < 4.78 is 6.17. The highest BCUT2D eigenvalue weighted by atomic mass is 32.1. The third kappa shape index (κ3) is 2.35. The second-order valence-corrected chi connectivity index (χ2v) is 6.82. The molecule has 0 amide bonds. The van der Waals surface area contributed by atoms with Crippen molar-refractivity contribution in [2.24, 2.45) is 5.92 Å². The Kier molecular flexibility index (Phi) is 3.46. The van der Waals surface area contributed by atoms with Gasteiger partial charge in [-0.15, -0.1) is 11.3 Å². The number of hydrogen-bond acceptors (Lipinski definition) is 3. The van der Waals surface area contributed by atoms with Crippen molar-refractivity contribution < 1.29 is 4.74 Å². The van der Waals surface area contributed by atoms with E-state index in [-0.39, 0.29) is 5.60 Å². The molecule has 0 bridgehead atoms. The molecular weight excluding hydrogens is 242 g/mol. The normalized spacial score (nSPS) is 32.7. The Morgan fingerprint density at radius 3 is 2.67 bits per heavy atom. The smallest absolute Gasteiger partial charge is 0.125 e. The number of rotatable bonds is 4. The SMILES string of the molecule is CCOC1(c2nc(C3CC3)cs2)CCC(C)CC1. The van der Waals surface area contributed by atoms with Crippen LogP contribution in [0.5, 0.6) is 0 Å². The highest BCUT2D eigenvalue weighted by Crippen LogP contribution is 2.46. The molecule has 0 radical (unpaired) electrons. The molecule has 0 N–H and O–H groups in total. The number of hydrogen-bond donors (Lipinski definition) is 0. The first-order valence-corrected chi connectivity index (χ1v) is 8.21. The molecule has 2 aliphatic rings.